The molecule has 0 atom stereocenters. The summed E-state index contributed by atoms with van der Waals surface area (Å²) in [5.41, 5.74) is 5.59. The minimum absolute atomic E-state index is 0.265. The first-order chi connectivity index (χ1) is 15.0. The van der Waals surface area contributed by atoms with Gasteiger partial charge in [0, 0.05) is 21.2 Å². The van der Waals surface area contributed by atoms with Crippen molar-refractivity contribution in [3.05, 3.63) is 93.0 Å². The van der Waals surface area contributed by atoms with Crippen molar-refractivity contribution in [2.24, 2.45) is 5.10 Å². The van der Waals surface area contributed by atoms with E-state index in [1.807, 2.05) is 44.2 Å². The SMILES string of the molecule is CCOc1cc(/C=N/NC(=O)c2ccccc2C)ccc1OCc1ccc(Cl)cc1Cl. The Kier molecular flexibility index (Phi) is 7.93. The Morgan fingerprint density at radius 2 is 1.84 bits per heavy atom. The maximum Gasteiger partial charge on any atom is 0.271 e. The Bertz CT molecular complexity index is 1100. The molecule has 0 aliphatic carbocycles. The van der Waals surface area contributed by atoms with Gasteiger partial charge in [-0.05, 0) is 61.4 Å². The van der Waals surface area contributed by atoms with E-state index < -0.39 is 0 Å². The third-order valence-corrected chi connectivity index (χ3v) is 5.02. The van der Waals surface area contributed by atoms with Crippen LogP contribution in [0.1, 0.15) is 34.0 Å². The van der Waals surface area contributed by atoms with Gasteiger partial charge in [-0.2, -0.15) is 5.10 Å². The van der Waals surface area contributed by atoms with E-state index in [2.05, 4.69) is 10.5 Å². The van der Waals surface area contributed by atoms with Crippen molar-refractivity contribution in [2.75, 3.05) is 6.61 Å². The molecule has 3 aromatic rings. The summed E-state index contributed by atoms with van der Waals surface area (Å²) in [5.74, 6) is 0.884. The van der Waals surface area contributed by atoms with Crippen LogP contribution >= 0.6 is 23.2 Å². The highest BCUT2D eigenvalue weighted by Crippen LogP contribution is 2.30. The number of amides is 1. The molecule has 7 heteroatoms. The Balaban J connectivity index is 1.68. The van der Waals surface area contributed by atoms with E-state index in [0.717, 1.165) is 16.7 Å². The molecule has 1 amide bonds. The Labute approximate surface area is 191 Å². The second kappa shape index (κ2) is 10.8. The third-order valence-electron chi connectivity index (χ3n) is 4.44. The van der Waals surface area contributed by atoms with Gasteiger partial charge in [0.2, 0.25) is 0 Å². The van der Waals surface area contributed by atoms with Gasteiger partial charge < -0.3 is 9.47 Å². The highest BCUT2D eigenvalue weighted by Gasteiger charge is 2.09. The lowest BCUT2D eigenvalue weighted by molar-refractivity contribution is 0.0954. The van der Waals surface area contributed by atoms with Gasteiger partial charge in [0.05, 0.1) is 12.8 Å². The molecule has 0 spiro atoms. The fraction of sp³-hybridized carbons (Fsp3) is 0.167. The predicted octanol–water partition coefficient (Wildman–Crippen LogP) is 6.04. The molecule has 0 aliphatic heterocycles. The number of nitrogens with one attached hydrogen (secondary N) is 1. The summed E-state index contributed by atoms with van der Waals surface area (Å²) in [6.45, 7) is 4.52. The standard InChI is InChI=1S/C24H22Cl2N2O3/c1-3-30-23-12-17(14-27-28-24(29)20-7-5-4-6-16(20)2)8-11-22(23)31-15-18-9-10-19(25)13-21(18)26/h4-14H,3,15H2,1-2H3,(H,28,29)/b27-14+. The number of rotatable bonds is 8. The molecule has 0 aromatic heterocycles. The number of ether oxygens (including phenoxy) is 2. The molecular weight excluding hydrogens is 435 g/mol. The molecule has 0 radical (unpaired) electrons. The molecule has 0 fully saturated rings. The number of aryl methyl sites for hydroxylation is 1. The smallest absolute Gasteiger partial charge is 0.271 e. The molecule has 31 heavy (non-hydrogen) atoms. The fourth-order valence-electron chi connectivity index (χ4n) is 2.84. The molecule has 3 aromatic carbocycles. The normalized spacial score (nSPS) is 10.8. The number of benzene rings is 3. The first-order valence-electron chi connectivity index (χ1n) is 9.70. The summed E-state index contributed by atoms with van der Waals surface area (Å²) in [6.07, 6.45) is 1.55. The van der Waals surface area contributed by atoms with E-state index in [9.17, 15) is 4.79 Å². The van der Waals surface area contributed by atoms with Gasteiger partial charge in [-0.25, -0.2) is 5.43 Å². The first kappa shape index (κ1) is 22.7. The molecule has 0 saturated carbocycles. The van der Waals surface area contributed by atoms with Gasteiger partial charge in [0.25, 0.3) is 5.91 Å². The van der Waals surface area contributed by atoms with Crippen LogP contribution in [-0.2, 0) is 6.61 Å². The fourth-order valence-corrected chi connectivity index (χ4v) is 3.30. The van der Waals surface area contributed by atoms with Crippen LogP contribution in [0.15, 0.2) is 65.8 Å². The number of halogens is 2. The van der Waals surface area contributed by atoms with Crippen LogP contribution in [0.2, 0.25) is 10.0 Å². The van der Waals surface area contributed by atoms with Gasteiger partial charge in [-0.3, -0.25) is 4.79 Å². The third kappa shape index (κ3) is 6.23. The number of carbonyl (C=O) groups is 1. The van der Waals surface area contributed by atoms with Crippen LogP contribution in [0, 0.1) is 6.92 Å². The van der Waals surface area contributed by atoms with Gasteiger partial charge in [-0.1, -0.05) is 47.5 Å². The Morgan fingerprint density at radius 3 is 2.58 bits per heavy atom. The predicted molar refractivity (Wildman–Crippen MR) is 125 cm³/mol. The van der Waals surface area contributed by atoms with E-state index in [1.54, 1.807) is 36.5 Å². The van der Waals surface area contributed by atoms with Crippen molar-refractivity contribution in [1.29, 1.82) is 0 Å². The maximum atomic E-state index is 12.3. The zero-order valence-electron chi connectivity index (χ0n) is 17.2. The van der Waals surface area contributed by atoms with Crippen LogP contribution in [0.4, 0.5) is 0 Å². The van der Waals surface area contributed by atoms with Crippen LogP contribution in [0.3, 0.4) is 0 Å². The highest BCUT2D eigenvalue weighted by atomic mass is 35.5. The van der Waals surface area contributed by atoms with Crippen molar-refractivity contribution >= 4 is 35.3 Å². The number of carbonyl (C=O) groups excluding carboxylic acids is 1. The molecular formula is C24H22Cl2N2O3. The molecule has 1 N–H and O–H groups in total. The van der Waals surface area contributed by atoms with Crippen molar-refractivity contribution in [3.63, 3.8) is 0 Å². The highest BCUT2D eigenvalue weighted by molar-refractivity contribution is 6.35. The summed E-state index contributed by atoms with van der Waals surface area (Å²) >= 11 is 12.1. The van der Waals surface area contributed by atoms with Gasteiger partial charge in [0.15, 0.2) is 11.5 Å². The molecule has 0 bridgehead atoms. The van der Waals surface area contributed by atoms with E-state index in [4.69, 9.17) is 32.7 Å². The lowest BCUT2D eigenvalue weighted by atomic mass is 10.1. The van der Waals surface area contributed by atoms with E-state index >= 15 is 0 Å². The molecule has 160 valence electrons. The average Bonchev–Trinajstić information content (AvgIpc) is 2.74. The van der Waals surface area contributed by atoms with Crippen molar-refractivity contribution in [3.8, 4) is 11.5 Å². The van der Waals surface area contributed by atoms with Crippen molar-refractivity contribution in [2.45, 2.75) is 20.5 Å². The van der Waals surface area contributed by atoms with E-state index in [1.165, 1.54) is 0 Å². The van der Waals surface area contributed by atoms with Crippen LogP contribution in [-0.4, -0.2) is 18.7 Å². The van der Waals surface area contributed by atoms with Crippen LogP contribution in [0.5, 0.6) is 11.5 Å². The van der Waals surface area contributed by atoms with Crippen LogP contribution < -0.4 is 14.9 Å². The molecule has 0 unspecified atom stereocenters. The topological polar surface area (TPSA) is 59.9 Å². The summed E-state index contributed by atoms with van der Waals surface area (Å²) in [5, 5.41) is 5.16. The van der Waals surface area contributed by atoms with Gasteiger partial charge >= 0.3 is 0 Å². The largest absolute Gasteiger partial charge is 0.490 e. The molecule has 0 saturated heterocycles. The summed E-state index contributed by atoms with van der Waals surface area (Å²) in [7, 11) is 0. The number of nitrogens with zero attached hydrogens (tertiary/aromatic N) is 1. The zero-order chi connectivity index (χ0) is 22.2. The quantitative estimate of drug-likeness (QED) is 0.331. The van der Waals surface area contributed by atoms with E-state index in [-0.39, 0.29) is 12.5 Å². The zero-order valence-corrected chi connectivity index (χ0v) is 18.7. The maximum absolute atomic E-state index is 12.3. The Morgan fingerprint density at radius 1 is 1.03 bits per heavy atom. The van der Waals surface area contributed by atoms with Gasteiger partial charge in [-0.15, -0.1) is 0 Å². The monoisotopic (exact) mass is 456 g/mol. The average molecular weight is 457 g/mol. The lowest BCUT2D eigenvalue weighted by Crippen LogP contribution is -2.18. The molecule has 0 heterocycles. The minimum Gasteiger partial charge on any atom is -0.490 e. The second-order valence-corrected chi connectivity index (χ2v) is 7.52. The first-order valence-corrected chi connectivity index (χ1v) is 10.5. The number of hydrazone groups is 1. The lowest BCUT2D eigenvalue weighted by Gasteiger charge is -2.13. The number of hydrogen-bond donors (Lipinski definition) is 1. The van der Waals surface area contributed by atoms with Gasteiger partial charge in [0.1, 0.15) is 6.61 Å². The van der Waals surface area contributed by atoms with Crippen LogP contribution in [0.25, 0.3) is 0 Å². The van der Waals surface area contributed by atoms with Crippen molar-refractivity contribution < 1.29 is 14.3 Å². The van der Waals surface area contributed by atoms with Crippen molar-refractivity contribution in [1.82, 2.24) is 5.43 Å². The second-order valence-electron chi connectivity index (χ2n) is 6.68. The molecule has 3 rings (SSSR count). The molecule has 5 nitrogen and oxygen atoms in total. The molecule has 0 aliphatic rings. The summed E-state index contributed by atoms with van der Waals surface area (Å²) in [6, 6.07) is 18.0. The van der Waals surface area contributed by atoms with E-state index in [0.29, 0.717) is 33.7 Å². The minimum atomic E-state index is -0.265. The summed E-state index contributed by atoms with van der Waals surface area (Å²) in [4.78, 5) is 12.3. The number of hydrogen-bond acceptors (Lipinski definition) is 4. The summed E-state index contributed by atoms with van der Waals surface area (Å²) < 4.78 is 11.6. The Hall–Kier alpha value is -3.02.